The minimum absolute atomic E-state index is 0.0168. The van der Waals surface area contributed by atoms with Crippen LogP contribution < -0.4 is 0 Å². The molecule has 1 N–H and O–H groups in total. The first-order valence-electron chi connectivity index (χ1n) is 7.04. The fourth-order valence-corrected chi connectivity index (χ4v) is 2.46. The van der Waals surface area contributed by atoms with Gasteiger partial charge in [-0.1, -0.05) is 0 Å². The van der Waals surface area contributed by atoms with Gasteiger partial charge in [-0.3, -0.25) is 4.68 Å². The predicted octanol–water partition coefficient (Wildman–Crippen LogP) is 1.55. The molecule has 0 saturated carbocycles. The van der Waals surface area contributed by atoms with Crippen LogP contribution in [0.2, 0.25) is 0 Å². The molecule has 1 aromatic heterocycles. The fraction of sp³-hybridized carbons (Fsp3) is 0.769. The van der Waals surface area contributed by atoms with Gasteiger partial charge in [-0.25, -0.2) is 0 Å². The topological polar surface area (TPSA) is 50.5 Å². The highest BCUT2D eigenvalue weighted by Gasteiger charge is 2.34. The third-order valence-electron chi connectivity index (χ3n) is 3.62. The SMILES string of the molecule is OCCOCCN1CCC(n2ccc(C(F)(F)F)n2)CC1. The van der Waals surface area contributed by atoms with Crippen molar-refractivity contribution < 1.29 is 23.0 Å². The molecule has 0 aliphatic carbocycles. The first-order chi connectivity index (χ1) is 10.0. The van der Waals surface area contributed by atoms with Crippen molar-refractivity contribution in [3.63, 3.8) is 0 Å². The highest BCUT2D eigenvalue weighted by Crippen LogP contribution is 2.29. The Hall–Kier alpha value is -1.12. The van der Waals surface area contributed by atoms with Crippen LogP contribution in [-0.4, -0.2) is 59.2 Å². The number of alkyl halides is 3. The molecule has 0 bridgehead atoms. The number of hydrogen-bond donors (Lipinski definition) is 1. The lowest BCUT2D eigenvalue weighted by atomic mass is 10.1. The summed E-state index contributed by atoms with van der Waals surface area (Å²) >= 11 is 0. The second-order valence-electron chi connectivity index (χ2n) is 5.09. The largest absolute Gasteiger partial charge is 0.435 e. The third-order valence-corrected chi connectivity index (χ3v) is 3.62. The Labute approximate surface area is 121 Å². The maximum absolute atomic E-state index is 12.5. The number of rotatable bonds is 6. The molecule has 1 aliphatic rings. The molecule has 0 radical (unpaired) electrons. The lowest BCUT2D eigenvalue weighted by molar-refractivity contribution is -0.141. The molecule has 1 saturated heterocycles. The van der Waals surface area contributed by atoms with Crippen molar-refractivity contribution in [1.82, 2.24) is 14.7 Å². The lowest BCUT2D eigenvalue weighted by Crippen LogP contribution is -2.37. The predicted molar refractivity (Wildman–Crippen MR) is 69.8 cm³/mol. The number of aromatic nitrogens is 2. The summed E-state index contributed by atoms with van der Waals surface area (Å²) < 4.78 is 44.2. The Bertz CT molecular complexity index is 429. The molecule has 1 fully saturated rings. The van der Waals surface area contributed by atoms with Crippen LogP contribution in [0.1, 0.15) is 24.6 Å². The normalized spacial score (nSPS) is 18.3. The number of aliphatic hydroxyl groups is 1. The number of halogens is 3. The van der Waals surface area contributed by atoms with E-state index in [0.29, 0.717) is 13.2 Å². The molecule has 0 atom stereocenters. The van der Waals surface area contributed by atoms with E-state index in [4.69, 9.17) is 9.84 Å². The van der Waals surface area contributed by atoms with E-state index < -0.39 is 11.9 Å². The molecule has 0 spiro atoms. The van der Waals surface area contributed by atoms with E-state index in [2.05, 4.69) is 10.00 Å². The zero-order valence-electron chi connectivity index (χ0n) is 11.7. The molecular weight excluding hydrogens is 287 g/mol. The van der Waals surface area contributed by atoms with Crippen molar-refractivity contribution in [1.29, 1.82) is 0 Å². The zero-order valence-corrected chi connectivity index (χ0v) is 11.7. The first-order valence-corrected chi connectivity index (χ1v) is 7.04. The Kier molecular flexibility index (Phi) is 5.60. The average molecular weight is 307 g/mol. The van der Waals surface area contributed by atoms with Gasteiger partial charge < -0.3 is 14.7 Å². The Morgan fingerprint density at radius 1 is 1.29 bits per heavy atom. The molecule has 2 heterocycles. The second kappa shape index (κ2) is 7.24. The Morgan fingerprint density at radius 3 is 2.57 bits per heavy atom. The summed E-state index contributed by atoms with van der Waals surface area (Å²) in [6, 6.07) is 1.05. The highest BCUT2D eigenvalue weighted by atomic mass is 19.4. The van der Waals surface area contributed by atoms with E-state index in [1.165, 1.54) is 10.9 Å². The van der Waals surface area contributed by atoms with Gasteiger partial charge in [-0.15, -0.1) is 0 Å². The molecule has 0 amide bonds. The second-order valence-corrected chi connectivity index (χ2v) is 5.09. The molecule has 2 rings (SSSR count). The van der Waals surface area contributed by atoms with Crippen LogP contribution in [0.15, 0.2) is 12.3 Å². The number of ether oxygens (including phenoxy) is 1. The van der Waals surface area contributed by atoms with Crippen LogP contribution in [0, 0.1) is 0 Å². The maximum Gasteiger partial charge on any atom is 0.435 e. The Balaban J connectivity index is 1.77. The summed E-state index contributed by atoms with van der Waals surface area (Å²) in [6.45, 7) is 3.32. The minimum atomic E-state index is -4.38. The lowest BCUT2D eigenvalue weighted by Gasteiger charge is -2.31. The molecule has 1 aliphatic heterocycles. The van der Waals surface area contributed by atoms with Gasteiger partial charge in [0.15, 0.2) is 5.69 Å². The molecule has 8 heteroatoms. The van der Waals surface area contributed by atoms with Gasteiger partial charge in [0.1, 0.15) is 0 Å². The van der Waals surface area contributed by atoms with Crippen molar-refractivity contribution >= 4 is 0 Å². The first kappa shape index (κ1) is 16.3. The summed E-state index contributed by atoms with van der Waals surface area (Å²) in [4.78, 5) is 2.21. The Morgan fingerprint density at radius 2 is 2.00 bits per heavy atom. The van der Waals surface area contributed by atoms with Gasteiger partial charge in [0.05, 0.1) is 25.9 Å². The third kappa shape index (κ3) is 4.69. The van der Waals surface area contributed by atoms with Crippen molar-refractivity contribution in [2.24, 2.45) is 0 Å². The van der Waals surface area contributed by atoms with Crippen LogP contribution in [0.4, 0.5) is 13.2 Å². The van der Waals surface area contributed by atoms with Crippen LogP contribution in [0.25, 0.3) is 0 Å². The minimum Gasteiger partial charge on any atom is -0.394 e. The number of piperidine rings is 1. The number of likely N-dealkylation sites (tertiary alicyclic amines) is 1. The standard InChI is InChI=1S/C13H20F3N3O2/c14-13(15,16)12-3-6-19(17-12)11-1-4-18(5-2-11)7-9-21-10-8-20/h3,6,11,20H,1-2,4-5,7-10H2. The van der Waals surface area contributed by atoms with Crippen molar-refractivity contribution in [2.75, 3.05) is 39.5 Å². The smallest absolute Gasteiger partial charge is 0.394 e. The van der Waals surface area contributed by atoms with Crippen molar-refractivity contribution in [3.05, 3.63) is 18.0 Å². The van der Waals surface area contributed by atoms with Crippen molar-refractivity contribution in [2.45, 2.75) is 25.1 Å². The van der Waals surface area contributed by atoms with Gasteiger partial charge in [0, 0.05) is 25.8 Å². The molecule has 21 heavy (non-hydrogen) atoms. The van der Waals surface area contributed by atoms with E-state index in [9.17, 15) is 13.2 Å². The number of aliphatic hydroxyl groups excluding tert-OH is 1. The van der Waals surface area contributed by atoms with Gasteiger partial charge >= 0.3 is 6.18 Å². The van der Waals surface area contributed by atoms with Crippen LogP contribution >= 0.6 is 0 Å². The van der Waals surface area contributed by atoms with Crippen LogP contribution in [-0.2, 0) is 10.9 Å². The van der Waals surface area contributed by atoms with E-state index in [1.54, 1.807) is 0 Å². The fourth-order valence-electron chi connectivity index (χ4n) is 2.46. The number of nitrogens with zero attached hydrogens (tertiary/aromatic N) is 3. The summed E-state index contributed by atoms with van der Waals surface area (Å²) in [5.74, 6) is 0. The molecule has 0 unspecified atom stereocenters. The van der Waals surface area contributed by atoms with Gasteiger partial charge in [0.2, 0.25) is 0 Å². The van der Waals surface area contributed by atoms with E-state index >= 15 is 0 Å². The van der Waals surface area contributed by atoms with E-state index in [-0.39, 0.29) is 12.6 Å². The van der Waals surface area contributed by atoms with Crippen LogP contribution in [0.3, 0.4) is 0 Å². The van der Waals surface area contributed by atoms with Gasteiger partial charge in [-0.2, -0.15) is 18.3 Å². The average Bonchev–Trinajstić information content (AvgIpc) is 2.94. The van der Waals surface area contributed by atoms with Crippen molar-refractivity contribution in [3.8, 4) is 0 Å². The highest BCUT2D eigenvalue weighted by molar-refractivity contribution is 5.04. The molecule has 1 aromatic rings. The molecular formula is C13H20F3N3O2. The van der Waals surface area contributed by atoms with Crippen LogP contribution in [0.5, 0.6) is 0 Å². The summed E-state index contributed by atoms with van der Waals surface area (Å²) in [5, 5.41) is 12.2. The number of hydrogen-bond acceptors (Lipinski definition) is 4. The zero-order chi connectivity index (χ0) is 15.3. The molecule has 5 nitrogen and oxygen atoms in total. The van der Waals surface area contributed by atoms with E-state index in [1.807, 2.05) is 0 Å². The monoisotopic (exact) mass is 307 g/mol. The van der Waals surface area contributed by atoms with Gasteiger partial charge in [0.25, 0.3) is 0 Å². The summed E-state index contributed by atoms with van der Waals surface area (Å²) in [5.41, 5.74) is -0.831. The quantitative estimate of drug-likeness (QED) is 0.810. The maximum atomic E-state index is 12.5. The summed E-state index contributed by atoms with van der Waals surface area (Å²) in [6.07, 6.45) is -1.42. The molecule has 0 aromatic carbocycles. The van der Waals surface area contributed by atoms with E-state index in [0.717, 1.165) is 38.5 Å². The van der Waals surface area contributed by atoms with Gasteiger partial charge in [-0.05, 0) is 18.9 Å². The molecule has 120 valence electrons. The summed E-state index contributed by atoms with van der Waals surface area (Å²) in [7, 11) is 0.